The fourth-order valence-electron chi connectivity index (χ4n) is 7.29. The van der Waals surface area contributed by atoms with Crippen LogP contribution in [0.15, 0.2) is 143 Å². The van der Waals surface area contributed by atoms with E-state index in [9.17, 15) is 9.59 Å². The highest BCUT2D eigenvalue weighted by Crippen LogP contribution is 2.30. The Bertz CT molecular complexity index is 3020. The lowest BCUT2D eigenvalue weighted by atomic mass is 10.0. The summed E-state index contributed by atoms with van der Waals surface area (Å²) >= 11 is 0. The number of hydrogen-bond donors (Lipinski definition) is 1. The number of nitrogens with one attached hydrogen (secondary N) is 1. The average Bonchev–Trinajstić information content (AvgIpc) is 4.04. The summed E-state index contributed by atoms with van der Waals surface area (Å²) < 4.78 is 9.71. The molecule has 0 aliphatic rings. The van der Waals surface area contributed by atoms with Gasteiger partial charge in [-0.15, -0.1) is 15.0 Å². The maximum Gasteiger partial charge on any atom is 0.291 e. The lowest BCUT2D eigenvalue weighted by Crippen LogP contribution is -2.25. The molecule has 0 aliphatic carbocycles. The molecule has 5 aromatic carbocycles. The molecule has 0 aliphatic heterocycles. The van der Waals surface area contributed by atoms with Crippen molar-refractivity contribution in [1.29, 1.82) is 0 Å². The van der Waals surface area contributed by atoms with Crippen LogP contribution in [-0.4, -0.2) is 56.9 Å². The fourth-order valence-corrected chi connectivity index (χ4v) is 7.29. The van der Waals surface area contributed by atoms with Crippen LogP contribution in [0.4, 0.5) is 5.69 Å². The van der Waals surface area contributed by atoms with Gasteiger partial charge in [0.05, 0.1) is 34.8 Å². The van der Waals surface area contributed by atoms with Gasteiger partial charge in [0.2, 0.25) is 5.82 Å². The highest BCUT2D eigenvalue weighted by atomic mass is 16.3. The molecule has 13 heteroatoms. The predicted molar refractivity (Wildman–Crippen MR) is 227 cm³/mol. The molecule has 0 bridgehead atoms. The Labute approximate surface area is 339 Å². The van der Waals surface area contributed by atoms with Crippen LogP contribution in [0.3, 0.4) is 0 Å². The SMILES string of the molecule is Cc1cc(NC(=O)c2cc(=O)c3ccccc3o2)c(-c2nnn(-c3ccc(CCN(Cc4cccc(-n5ccnc5)c4)Cc4ccc5c(cnn5C)c4)cc3)n2)cc1C. The number of amides is 1. The van der Waals surface area contributed by atoms with Gasteiger partial charge in [0.1, 0.15) is 5.58 Å². The number of nitrogens with zero attached hydrogens (tertiary/aromatic N) is 9. The molecule has 4 heterocycles. The maximum atomic E-state index is 13.4. The number of anilines is 1. The summed E-state index contributed by atoms with van der Waals surface area (Å²) in [5.74, 6) is -0.315. The largest absolute Gasteiger partial charge is 0.451 e. The Hall–Kier alpha value is -7.51. The van der Waals surface area contributed by atoms with E-state index in [1.165, 1.54) is 27.6 Å². The van der Waals surface area contributed by atoms with Crippen molar-refractivity contribution in [3.05, 3.63) is 178 Å². The van der Waals surface area contributed by atoms with Gasteiger partial charge in [-0.25, -0.2) is 4.98 Å². The first-order valence-corrected chi connectivity index (χ1v) is 19.3. The van der Waals surface area contributed by atoms with Crippen molar-refractivity contribution in [1.82, 2.24) is 44.4 Å². The second kappa shape index (κ2) is 15.8. The van der Waals surface area contributed by atoms with E-state index in [0.717, 1.165) is 59.5 Å². The van der Waals surface area contributed by atoms with Crippen LogP contribution in [-0.2, 0) is 26.6 Å². The van der Waals surface area contributed by atoms with Crippen LogP contribution in [0.25, 0.3) is 44.6 Å². The van der Waals surface area contributed by atoms with Crippen LogP contribution in [0.5, 0.6) is 0 Å². The number of benzene rings is 5. The van der Waals surface area contributed by atoms with Crippen molar-refractivity contribution < 1.29 is 9.21 Å². The molecule has 59 heavy (non-hydrogen) atoms. The summed E-state index contributed by atoms with van der Waals surface area (Å²) in [6.45, 7) is 6.32. The van der Waals surface area contributed by atoms with Crippen LogP contribution in [0.1, 0.15) is 38.4 Å². The molecule has 1 amide bonds. The molecular weight excluding hydrogens is 741 g/mol. The molecule has 0 radical (unpaired) electrons. The molecule has 0 saturated carbocycles. The van der Waals surface area contributed by atoms with Gasteiger partial charge in [0.15, 0.2) is 11.2 Å². The minimum Gasteiger partial charge on any atom is -0.451 e. The number of tetrazole rings is 1. The number of carbonyl (C=O) groups is 1. The van der Waals surface area contributed by atoms with Gasteiger partial charge >= 0.3 is 0 Å². The number of carbonyl (C=O) groups excluding carboxylic acids is 1. The smallest absolute Gasteiger partial charge is 0.291 e. The predicted octanol–water partition coefficient (Wildman–Crippen LogP) is 7.62. The number of rotatable bonds is 12. The molecule has 1 N–H and O–H groups in total. The third kappa shape index (κ3) is 7.91. The van der Waals surface area contributed by atoms with E-state index >= 15 is 0 Å². The zero-order chi connectivity index (χ0) is 40.5. The molecule has 0 spiro atoms. The standard InChI is InChI=1S/C46H40N10O3/c1-30-21-39(40(22-31(30)2)49-46(58)44-25-42(57)38-9-4-5-10-43(38)59-44)45-50-52-56(51-45)36-14-11-32(12-15-36)17-19-54(28-34-13-16-41-35(23-34)26-48-53(41)3)27-33-7-6-8-37(24-33)55-20-18-47-29-55/h4-16,18,20-26,29H,17,19,27-28H2,1-3H3,(H,49,58). The fraction of sp³-hybridized carbons (Fsp3) is 0.152. The Morgan fingerprint density at radius 1 is 0.831 bits per heavy atom. The van der Waals surface area contributed by atoms with E-state index in [0.29, 0.717) is 28.0 Å². The van der Waals surface area contributed by atoms with Crippen molar-refractivity contribution >= 4 is 33.5 Å². The number of aromatic nitrogens is 8. The molecule has 0 saturated heterocycles. The Morgan fingerprint density at radius 2 is 1.63 bits per heavy atom. The van der Waals surface area contributed by atoms with Gasteiger partial charge in [-0.3, -0.25) is 19.2 Å². The van der Waals surface area contributed by atoms with Crippen molar-refractivity contribution in [3.63, 3.8) is 0 Å². The average molecular weight is 781 g/mol. The maximum absolute atomic E-state index is 13.4. The van der Waals surface area contributed by atoms with Gasteiger partial charge in [-0.2, -0.15) is 5.10 Å². The van der Waals surface area contributed by atoms with Crippen molar-refractivity contribution in [2.45, 2.75) is 33.4 Å². The number of fused-ring (bicyclic) bond motifs is 2. The lowest BCUT2D eigenvalue weighted by Gasteiger charge is -2.23. The molecule has 0 fully saturated rings. The summed E-state index contributed by atoms with van der Waals surface area (Å²) in [5.41, 5.74) is 9.61. The highest BCUT2D eigenvalue weighted by Gasteiger charge is 2.19. The van der Waals surface area contributed by atoms with Gasteiger partial charge in [0, 0.05) is 61.8 Å². The van der Waals surface area contributed by atoms with Gasteiger partial charge in [-0.05, 0) is 114 Å². The van der Waals surface area contributed by atoms with Crippen LogP contribution >= 0.6 is 0 Å². The molecule has 9 rings (SSSR count). The van der Waals surface area contributed by atoms with Crippen LogP contribution in [0.2, 0.25) is 0 Å². The third-order valence-electron chi connectivity index (χ3n) is 10.6. The molecule has 292 valence electrons. The Morgan fingerprint density at radius 3 is 2.46 bits per heavy atom. The van der Waals surface area contributed by atoms with E-state index < -0.39 is 5.91 Å². The minimum absolute atomic E-state index is 0.0937. The lowest BCUT2D eigenvalue weighted by molar-refractivity contribution is 0.0997. The van der Waals surface area contributed by atoms with E-state index in [2.05, 4.69) is 85.2 Å². The second-order valence-corrected chi connectivity index (χ2v) is 14.7. The zero-order valence-corrected chi connectivity index (χ0v) is 32.8. The molecule has 9 aromatic rings. The molecule has 4 aromatic heterocycles. The van der Waals surface area contributed by atoms with Crippen molar-refractivity contribution in [2.24, 2.45) is 7.05 Å². The number of para-hydroxylation sites is 1. The minimum atomic E-state index is -0.559. The van der Waals surface area contributed by atoms with Crippen LogP contribution in [0, 0.1) is 13.8 Å². The van der Waals surface area contributed by atoms with Gasteiger partial charge in [-0.1, -0.05) is 42.5 Å². The van der Waals surface area contributed by atoms with Crippen molar-refractivity contribution in [3.8, 4) is 22.8 Å². The first kappa shape index (κ1) is 37.1. The Kier molecular flexibility index (Phi) is 9.93. The quantitative estimate of drug-likeness (QED) is 0.133. The zero-order valence-electron chi connectivity index (χ0n) is 32.8. The first-order chi connectivity index (χ1) is 28.7. The first-order valence-electron chi connectivity index (χ1n) is 19.3. The van der Waals surface area contributed by atoms with E-state index in [4.69, 9.17) is 9.52 Å². The summed E-state index contributed by atoms with van der Waals surface area (Å²) in [4.78, 5) is 34.3. The molecular formula is C46H40N10O3. The summed E-state index contributed by atoms with van der Waals surface area (Å²) in [7, 11) is 1.96. The monoisotopic (exact) mass is 780 g/mol. The topological polar surface area (TPSA) is 142 Å². The summed E-state index contributed by atoms with van der Waals surface area (Å²) in [6.07, 6.45) is 8.31. The number of hydrogen-bond acceptors (Lipinski definition) is 9. The summed E-state index contributed by atoms with van der Waals surface area (Å²) in [5, 5.41) is 22.3. The van der Waals surface area contributed by atoms with Crippen molar-refractivity contribution in [2.75, 3.05) is 11.9 Å². The third-order valence-corrected chi connectivity index (χ3v) is 10.6. The molecule has 13 nitrogen and oxygen atoms in total. The molecule has 0 atom stereocenters. The highest BCUT2D eigenvalue weighted by molar-refractivity contribution is 6.05. The number of imidazole rings is 1. The van der Waals surface area contributed by atoms with Crippen LogP contribution < -0.4 is 10.7 Å². The van der Waals surface area contributed by atoms with E-state index in [1.807, 2.05) is 73.1 Å². The van der Waals surface area contributed by atoms with Gasteiger partial charge < -0.3 is 14.3 Å². The summed E-state index contributed by atoms with van der Waals surface area (Å²) in [6, 6.07) is 35.1. The van der Waals surface area contributed by atoms with E-state index in [-0.39, 0.29) is 11.2 Å². The van der Waals surface area contributed by atoms with Gasteiger partial charge in [0.25, 0.3) is 5.91 Å². The number of aryl methyl sites for hydroxylation is 3. The second-order valence-electron chi connectivity index (χ2n) is 14.7. The normalized spacial score (nSPS) is 11.5. The Balaban J connectivity index is 0.920. The molecule has 0 unspecified atom stereocenters. The van der Waals surface area contributed by atoms with E-state index in [1.54, 1.807) is 30.5 Å².